The first-order chi connectivity index (χ1) is 7.70. The van der Waals surface area contributed by atoms with Gasteiger partial charge in [0.05, 0.1) is 12.1 Å². The zero-order valence-electron chi connectivity index (χ0n) is 9.66. The summed E-state index contributed by atoms with van der Waals surface area (Å²) in [5.41, 5.74) is 1.20. The van der Waals surface area contributed by atoms with Crippen molar-refractivity contribution < 1.29 is 4.74 Å². The van der Waals surface area contributed by atoms with Gasteiger partial charge in [-0.2, -0.15) is 0 Å². The van der Waals surface area contributed by atoms with Crippen LogP contribution in [-0.4, -0.2) is 24.2 Å². The van der Waals surface area contributed by atoms with Crippen LogP contribution in [0.15, 0.2) is 16.7 Å². The molecule has 0 amide bonds. The minimum absolute atomic E-state index is 0.325. The van der Waals surface area contributed by atoms with E-state index in [-0.39, 0.29) is 0 Å². The topological polar surface area (TPSA) is 34.1 Å². The number of hydrogen-bond acceptors (Lipinski definition) is 3. The molecule has 1 heterocycles. The Bertz CT molecular complexity index is 370. The molecule has 1 aromatic rings. The maximum atomic E-state index is 5.45. The van der Waals surface area contributed by atoms with Crippen LogP contribution in [0.25, 0.3) is 0 Å². The molecule has 0 bridgehead atoms. The molecule has 2 rings (SSSR count). The highest BCUT2D eigenvalue weighted by Gasteiger charge is 2.27. The van der Waals surface area contributed by atoms with Crippen LogP contribution in [0.3, 0.4) is 0 Å². The van der Waals surface area contributed by atoms with E-state index in [1.54, 1.807) is 7.11 Å². The molecular formula is C12H17BrN2O. The van der Waals surface area contributed by atoms with Crippen molar-refractivity contribution in [2.75, 3.05) is 12.4 Å². The molecule has 3 nitrogen and oxygen atoms in total. The zero-order chi connectivity index (χ0) is 11.5. The molecule has 1 fully saturated rings. The van der Waals surface area contributed by atoms with Crippen molar-refractivity contribution in [3.05, 3.63) is 22.3 Å². The van der Waals surface area contributed by atoms with Crippen molar-refractivity contribution >= 4 is 21.7 Å². The summed E-state index contributed by atoms with van der Waals surface area (Å²) >= 11 is 3.45. The van der Waals surface area contributed by atoms with Crippen molar-refractivity contribution in [2.45, 2.75) is 38.3 Å². The van der Waals surface area contributed by atoms with Gasteiger partial charge in [0.15, 0.2) is 0 Å². The molecule has 0 spiro atoms. The molecule has 16 heavy (non-hydrogen) atoms. The molecule has 1 aliphatic rings. The Hall–Kier alpha value is -0.610. The quantitative estimate of drug-likeness (QED) is 0.926. The molecule has 1 N–H and O–H groups in total. The maximum Gasteiger partial charge on any atom is 0.126 e. The summed E-state index contributed by atoms with van der Waals surface area (Å²) in [6.45, 7) is 2.07. The second kappa shape index (κ2) is 5.15. The largest absolute Gasteiger partial charge is 0.379 e. The Balaban J connectivity index is 2.05. The van der Waals surface area contributed by atoms with Gasteiger partial charge >= 0.3 is 0 Å². The van der Waals surface area contributed by atoms with Gasteiger partial charge in [-0.3, -0.25) is 0 Å². The summed E-state index contributed by atoms with van der Waals surface area (Å²) in [5, 5.41) is 3.45. The van der Waals surface area contributed by atoms with Gasteiger partial charge in [0.2, 0.25) is 0 Å². The molecule has 4 heteroatoms. The Morgan fingerprint density at radius 1 is 1.50 bits per heavy atom. The minimum Gasteiger partial charge on any atom is -0.379 e. The molecule has 1 saturated carbocycles. The first-order valence-corrected chi connectivity index (χ1v) is 6.41. The van der Waals surface area contributed by atoms with Gasteiger partial charge in [-0.15, -0.1) is 0 Å². The molecule has 0 aliphatic heterocycles. The molecule has 1 aromatic heterocycles. The molecule has 0 aromatic carbocycles. The number of halogens is 1. The first kappa shape index (κ1) is 11.9. The van der Waals surface area contributed by atoms with Crippen LogP contribution in [0.5, 0.6) is 0 Å². The number of rotatable bonds is 3. The number of anilines is 1. The fourth-order valence-electron chi connectivity index (χ4n) is 2.18. The van der Waals surface area contributed by atoms with E-state index in [4.69, 9.17) is 4.74 Å². The van der Waals surface area contributed by atoms with Gasteiger partial charge in [-0.25, -0.2) is 4.98 Å². The molecule has 0 saturated heterocycles. The van der Waals surface area contributed by atoms with E-state index in [0.717, 1.165) is 23.1 Å². The van der Waals surface area contributed by atoms with Crippen LogP contribution in [0.4, 0.5) is 5.82 Å². The van der Waals surface area contributed by atoms with Crippen molar-refractivity contribution in [1.82, 2.24) is 4.98 Å². The van der Waals surface area contributed by atoms with Crippen LogP contribution in [-0.2, 0) is 4.74 Å². The number of hydrogen-bond donors (Lipinski definition) is 1. The lowest BCUT2D eigenvalue weighted by atomic mass is 10.2. The first-order valence-electron chi connectivity index (χ1n) is 5.62. The smallest absolute Gasteiger partial charge is 0.126 e. The van der Waals surface area contributed by atoms with Crippen LogP contribution in [0.1, 0.15) is 24.8 Å². The number of aromatic nitrogens is 1. The number of ether oxygens (including phenoxy) is 1. The second-order valence-corrected chi connectivity index (χ2v) is 5.13. The number of nitrogens with zero attached hydrogens (tertiary/aromatic N) is 1. The Kier molecular flexibility index (Phi) is 3.82. The average Bonchev–Trinajstić information content (AvgIpc) is 2.71. The lowest BCUT2D eigenvalue weighted by Crippen LogP contribution is -2.30. The number of nitrogens with one attached hydrogen (secondary N) is 1. The summed E-state index contributed by atoms with van der Waals surface area (Å²) in [6.07, 6.45) is 5.70. The van der Waals surface area contributed by atoms with E-state index in [2.05, 4.69) is 39.2 Å². The highest BCUT2D eigenvalue weighted by Crippen LogP contribution is 2.25. The molecule has 2 atom stereocenters. The lowest BCUT2D eigenvalue weighted by molar-refractivity contribution is 0.101. The van der Waals surface area contributed by atoms with Gasteiger partial charge in [-0.05, 0) is 53.7 Å². The average molecular weight is 285 g/mol. The summed E-state index contributed by atoms with van der Waals surface area (Å²) in [7, 11) is 1.78. The van der Waals surface area contributed by atoms with Gasteiger partial charge in [-0.1, -0.05) is 0 Å². The standard InChI is InChI=1S/C12H17BrN2O/c1-8-6-12(14-7-9(8)13)15-10-4-3-5-11(10)16-2/h6-7,10-11H,3-5H2,1-2H3,(H,14,15). The third-order valence-corrected chi connectivity index (χ3v) is 3.97. The minimum atomic E-state index is 0.325. The summed E-state index contributed by atoms with van der Waals surface area (Å²) in [6, 6.07) is 2.47. The lowest BCUT2D eigenvalue weighted by Gasteiger charge is -2.20. The van der Waals surface area contributed by atoms with E-state index in [1.165, 1.54) is 12.0 Å². The summed E-state index contributed by atoms with van der Waals surface area (Å²) in [5.74, 6) is 0.939. The predicted molar refractivity (Wildman–Crippen MR) is 68.7 cm³/mol. The van der Waals surface area contributed by atoms with Crippen molar-refractivity contribution in [3.8, 4) is 0 Å². The van der Waals surface area contributed by atoms with Crippen molar-refractivity contribution in [2.24, 2.45) is 0 Å². The third-order valence-electron chi connectivity index (χ3n) is 3.14. The van der Waals surface area contributed by atoms with E-state index in [1.807, 2.05) is 6.20 Å². The number of aryl methyl sites for hydroxylation is 1. The Morgan fingerprint density at radius 2 is 2.31 bits per heavy atom. The highest BCUT2D eigenvalue weighted by molar-refractivity contribution is 9.10. The molecule has 88 valence electrons. The SMILES string of the molecule is COC1CCCC1Nc1cc(C)c(Br)cn1. The van der Waals surface area contributed by atoms with Crippen LogP contribution in [0.2, 0.25) is 0 Å². The fourth-order valence-corrected chi connectivity index (χ4v) is 2.40. The zero-order valence-corrected chi connectivity index (χ0v) is 11.3. The Labute approximate surface area is 105 Å². The third kappa shape index (κ3) is 2.55. The van der Waals surface area contributed by atoms with Gasteiger partial charge in [0.25, 0.3) is 0 Å². The summed E-state index contributed by atoms with van der Waals surface area (Å²) in [4.78, 5) is 4.36. The van der Waals surface area contributed by atoms with Gasteiger partial charge in [0.1, 0.15) is 5.82 Å². The summed E-state index contributed by atoms with van der Waals surface area (Å²) < 4.78 is 6.50. The van der Waals surface area contributed by atoms with Crippen LogP contribution < -0.4 is 5.32 Å². The van der Waals surface area contributed by atoms with Gasteiger partial charge in [0, 0.05) is 17.8 Å². The molecular weight excluding hydrogens is 268 g/mol. The molecule has 2 unspecified atom stereocenters. The van der Waals surface area contributed by atoms with Crippen molar-refractivity contribution in [3.63, 3.8) is 0 Å². The highest BCUT2D eigenvalue weighted by atomic mass is 79.9. The fraction of sp³-hybridized carbons (Fsp3) is 0.583. The van der Waals surface area contributed by atoms with Crippen LogP contribution >= 0.6 is 15.9 Å². The normalized spacial score (nSPS) is 24.7. The second-order valence-electron chi connectivity index (χ2n) is 4.27. The van der Waals surface area contributed by atoms with E-state index >= 15 is 0 Å². The van der Waals surface area contributed by atoms with Crippen molar-refractivity contribution in [1.29, 1.82) is 0 Å². The maximum absolute atomic E-state index is 5.45. The van der Waals surface area contributed by atoms with E-state index < -0.39 is 0 Å². The monoisotopic (exact) mass is 284 g/mol. The van der Waals surface area contributed by atoms with Gasteiger partial charge < -0.3 is 10.1 Å². The Morgan fingerprint density at radius 3 is 3.00 bits per heavy atom. The molecule has 0 radical (unpaired) electrons. The number of pyridine rings is 1. The van der Waals surface area contributed by atoms with E-state index in [0.29, 0.717) is 12.1 Å². The van der Waals surface area contributed by atoms with E-state index in [9.17, 15) is 0 Å². The molecule has 1 aliphatic carbocycles. The predicted octanol–water partition coefficient (Wildman–Crippen LogP) is 3.13. The number of methoxy groups -OCH3 is 1. The van der Waals surface area contributed by atoms with Crippen LogP contribution in [0, 0.1) is 6.92 Å².